The third-order valence-corrected chi connectivity index (χ3v) is 4.76. The summed E-state index contributed by atoms with van der Waals surface area (Å²) in [7, 11) is 3.20. The quantitative estimate of drug-likeness (QED) is 0.740. The third kappa shape index (κ3) is 3.38. The lowest BCUT2D eigenvalue weighted by Crippen LogP contribution is -2.50. The Morgan fingerprint density at radius 1 is 1.11 bits per heavy atom. The highest BCUT2D eigenvalue weighted by molar-refractivity contribution is 5.92. The number of aromatic nitrogens is 2. The molecule has 0 atom stereocenters. The maximum Gasteiger partial charge on any atom is 0.322 e. The standard InChI is InChI=1S/C19H21N5O4/c1-26-16-9-14-15(10-17(16)27-2)20-12-21-18(14)23-4-6-24(7-5-23)19(25)22-13-3-8-28-11-13/h3,8-12H,4-7H2,1-2H3,(H,22,25). The first-order valence-corrected chi connectivity index (χ1v) is 8.89. The van der Waals surface area contributed by atoms with Crippen LogP contribution in [0.25, 0.3) is 10.9 Å². The number of hydrogen-bond donors (Lipinski definition) is 1. The van der Waals surface area contributed by atoms with E-state index in [1.807, 2.05) is 12.1 Å². The number of fused-ring (bicyclic) bond motifs is 1. The number of benzene rings is 1. The number of carbonyl (C=O) groups is 1. The van der Waals surface area contributed by atoms with E-state index in [1.54, 1.807) is 31.5 Å². The zero-order valence-electron chi connectivity index (χ0n) is 15.7. The Morgan fingerprint density at radius 2 is 1.86 bits per heavy atom. The Morgan fingerprint density at radius 3 is 2.54 bits per heavy atom. The van der Waals surface area contributed by atoms with E-state index < -0.39 is 0 Å². The minimum atomic E-state index is -0.139. The van der Waals surface area contributed by atoms with Crippen LogP contribution in [-0.4, -0.2) is 61.3 Å². The van der Waals surface area contributed by atoms with Gasteiger partial charge in [-0.05, 0) is 6.07 Å². The van der Waals surface area contributed by atoms with Crippen LogP contribution >= 0.6 is 0 Å². The smallest absolute Gasteiger partial charge is 0.322 e. The molecule has 3 aromatic rings. The van der Waals surface area contributed by atoms with Crippen molar-refractivity contribution >= 4 is 28.4 Å². The van der Waals surface area contributed by atoms with Crippen LogP contribution in [0.4, 0.5) is 16.3 Å². The van der Waals surface area contributed by atoms with Crippen LogP contribution in [0.1, 0.15) is 0 Å². The average Bonchev–Trinajstić information content (AvgIpc) is 3.25. The van der Waals surface area contributed by atoms with Crippen LogP contribution < -0.4 is 19.7 Å². The highest BCUT2D eigenvalue weighted by Gasteiger charge is 2.24. The van der Waals surface area contributed by atoms with E-state index in [9.17, 15) is 4.79 Å². The van der Waals surface area contributed by atoms with Gasteiger partial charge < -0.3 is 29.0 Å². The topological polar surface area (TPSA) is 93.0 Å². The minimum Gasteiger partial charge on any atom is -0.493 e. The number of anilines is 2. The molecule has 0 aliphatic carbocycles. The summed E-state index contributed by atoms with van der Waals surface area (Å²) in [6.45, 7) is 2.50. The molecule has 0 bridgehead atoms. The van der Waals surface area contributed by atoms with Crippen molar-refractivity contribution in [1.82, 2.24) is 14.9 Å². The molecule has 9 nitrogen and oxygen atoms in total. The third-order valence-electron chi connectivity index (χ3n) is 4.76. The van der Waals surface area contributed by atoms with E-state index in [0.29, 0.717) is 43.4 Å². The number of piperazine rings is 1. The van der Waals surface area contributed by atoms with Crippen molar-refractivity contribution in [2.45, 2.75) is 0 Å². The Labute approximate surface area is 161 Å². The summed E-state index contributed by atoms with van der Waals surface area (Å²) in [4.78, 5) is 25.1. The Hall–Kier alpha value is -3.49. The monoisotopic (exact) mass is 383 g/mol. The van der Waals surface area contributed by atoms with Crippen LogP contribution in [-0.2, 0) is 0 Å². The molecule has 4 rings (SSSR count). The fourth-order valence-electron chi connectivity index (χ4n) is 3.28. The number of methoxy groups -OCH3 is 2. The maximum atomic E-state index is 12.4. The molecule has 1 aromatic carbocycles. The van der Waals surface area contributed by atoms with E-state index in [4.69, 9.17) is 13.9 Å². The Bertz CT molecular complexity index is 968. The molecule has 2 amide bonds. The lowest BCUT2D eigenvalue weighted by Gasteiger charge is -2.35. The van der Waals surface area contributed by atoms with Crippen LogP contribution in [0, 0.1) is 0 Å². The number of furan rings is 1. The van der Waals surface area contributed by atoms with Crippen LogP contribution in [0.5, 0.6) is 11.5 Å². The SMILES string of the molecule is COc1cc2ncnc(N3CCN(C(=O)Nc4ccoc4)CC3)c2cc1OC. The van der Waals surface area contributed by atoms with Gasteiger partial charge in [0.05, 0.1) is 31.7 Å². The zero-order valence-corrected chi connectivity index (χ0v) is 15.7. The molecule has 1 aliphatic rings. The second-order valence-electron chi connectivity index (χ2n) is 6.34. The van der Waals surface area contributed by atoms with Gasteiger partial charge in [0, 0.05) is 43.7 Å². The van der Waals surface area contributed by atoms with Crippen molar-refractivity contribution in [2.24, 2.45) is 0 Å². The lowest BCUT2D eigenvalue weighted by atomic mass is 10.2. The number of ether oxygens (including phenoxy) is 2. The van der Waals surface area contributed by atoms with Gasteiger partial charge in [0.1, 0.15) is 18.4 Å². The molecule has 146 valence electrons. The Kier molecular flexibility index (Phi) is 4.88. The highest BCUT2D eigenvalue weighted by Crippen LogP contribution is 2.34. The van der Waals surface area contributed by atoms with E-state index >= 15 is 0 Å². The summed E-state index contributed by atoms with van der Waals surface area (Å²) in [5.74, 6) is 2.07. The van der Waals surface area contributed by atoms with E-state index in [1.165, 1.54) is 12.5 Å². The molecule has 28 heavy (non-hydrogen) atoms. The molecule has 0 radical (unpaired) electrons. The van der Waals surface area contributed by atoms with Crippen molar-refractivity contribution in [2.75, 3.05) is 50.6 Å². The second-order valence-corrected chi connectivity index (χ2v) is 6.34. The molecule has 9 heteroatoms. The van der Waals surface area contributed by atoms with Crippen LogP contribution in [0.2, 0.25) is 0 Å². The predicted molar refractivity (Wildman–Crippen MR) is 104 cm³/mol. The molecule has 3 heterocycles. The van der Waals surface area contributed by atoms with Gasteiger partial charge in [0.25, 0.3) is 0 Å². The summed E-state index contributed by atoms with van der Waals surface area (Å²) in [5, 5.41) is 3.71. The van der Waals surface area contributed by atoms with E-state index in [0.717, 1.165) is 16.7 Å². The molecule has 0 unspecified atom stereocenters. The van der Waals surface area contributed by atoms with Crippen LogP contribution in [0.15, 0.2) is 41.5 Å². The van der Waals surface area contributed by atoms with Gasteiger partial charge in [0.2, 0.25) is 0 Å². The van der Waals surface area contributed by atoms with Crippen molar-refractivity contribution < 1.29 is 18.7 Å². The number of urea groups is 1. The summed E-state index contributed by atoms with van der Waals surface area (Å²) in [6.07, 6.45) is 4.57. The summed E-state index contributed by atoms with van der Waals surface area (Å²) >= 11 is 0. The second kappa shape index (κ2) is 7.63. The zero-order chi connectivity index (χ0) is 19.5. The van der Waals surface area contributed by atoms with Crippen molar-refractivity contribution in [3.63, 3.8) is 0 Å². The van der Waals surface area contributed by atoms with Gasteiger partial charge in [0.15, 0.2) is 11.5 Å². The maximum absolute atomic E-state index is 12.4. The van der Waals surface area contributed by atoms with Gasteiger partial charge >= 0.3 is 6.03 Å². The molecular weight excluding hydrogens is 362 g/mol. The highest BCUT2D eigenvalue weighted by atomic mass is 16.5. The van der Waals surface area contributed by atoms with Crippen molar-refractivity contribution in [3.05, 3.63) is 37.1 Å². The summed E-state index contributed by atoms with van der Waals surface area (Å²) in [5.41, 5.74) is 1.43. The fourth-order valence-corrected chi connectivity index (χ4v) is 3.28. The molecule has 1 saturated heterocycles. The van der Waals surface area contributed by atoms with Crippen LogP contribution in [0.3, 0.4) is 0 Å². The molecule has 1 aliphatic heterocycles. The lowest BCUT2D eigenvalue weighted by molar-refractivity contribution is 0.208. The van der Waals surface area contributed by atoms with Gasteiger partial charge in [-0.25, -0.2) is 14.8 Å². The van der Waals surface area contributed by atoms with Gasteiger partial charge in [-0.2, -0.15) is 0 Å². The summed E-state index contributed by atoms with van der Waals surface area (Å²) < 4.78 is 15.8. The predicted octanol–water partition coefficient (Wildman–Crippen LogP) is 2.59. The van der Waals surface area contributed by atoms with Crippen molar-refractivity contribution in [3.8, 4) is 11.5 Å². The van der Waals surface area contributed by atoms with Gasteiger partial charge in [-0.3, -0.25) is 0 Å². The first-order chi connectivity index (χ1) is 13.7. The normalized spacial score (nSPS) is 14.2. The number of nitrogens with one attached hydrogen (secondary N) is 1. The molecular formula is C19H21N5O4. The minimum absolute atomic E-state index is 0.139. The average molecular weight is 383 g/mol. The first kappa shape index (κ1) is 17.9. The molecule has 0 spiro atoms. The molecule has 2 aromatic heterocycles. The van der Waals surface area contributed by atoms with Gasteiger partial charge in [-0.1, -0.05) is 0 Å². The van der Waals surface area contributed by atoms with E-state index in [2.05, 4.69) is 20.2 Å². The number of carbonyl (C=O) groups excluding carboxylic acids is 1. The molecule has 1 fully saturated rings. The number of hydrogen-bond acceptors (Lipinski definition) is 7. The number of rotatable bonds is 4. The van der Waals surface area contributed by atoms with Crippen molar-refractivity contribution in [1.29, 1.82) is 0 Å². The first-order valence-electron chi connectivity index (χ1n) is 8.89. The van der Waals surface area contributed by atoms with Gasteiger partial charge in [-0.15, -0.1) is 0 Å². The van der Waals surface area contributed by atoms with E-state index in [-0.39, 0.29) is 6.03 Å². The molecule has 1 N–H and O–H groups in total. The fraction of sp³-hybridized carbons (Fsp3) is 0.316. The summed E-state index contributed by atoms with van der Waals surface area (Å²) in [6, 6.07) is 5.30. The largest absolute Gasteiger partial charge is 0.493 e. The number of amides is 2. The molecule has 0 saturated carbocycles. The number of nitrogens with zero attached hydrogens (tertiary/aromatic N) is 4. The Balaban J connectivity index is 1.51.